The van der Waals surface area contributed by atoms with Gasteiger partial charge >= 0.3 is 0 Å². The van der Waals surface area contributed by atoms with Crippen molar-refractivity contribution in [2.45, 2.75) is 63.9 Å². The normalized spacial score (nSPS) is 16.2. The Morgan fingerprint density at radius 3 is 1.42 bits per heavy atom. The molecule has 0 fully saturated rings. The molecule has 0 aliphatic carbocycles. The first kappa shape index (κ1) is 19.2. The lowest BCUT2D eigenvalue weighted by molar-refractivity contribution is 0.573. The van der Waals surface area contributed by atoms with Gasteiger partial charge in [-0.25, -0.2) is 16.8 Å². The van der Waals surface area contributed by atoms with Crippen LogP contribution in [0, 0.1) is 0 Å². The van der Waals surface area contributed by atoms with Gasteiger partial charge in [-0.1, -0.05) is 26.7 Å². The molecule has 0 saturated heterocycles. The zero-order valence-corrected chi connectivity index (χ0v) is 14.3. The fraction of sp³-hybridized carbons (Fsp3) is 1.00. The Bertz CT molecular complexity index is 405. The van der Waals surface area contributed by atoms with Crippen LogP contribution in [0.15, 0.2) is 0 Å². The van der Waals surface area contributed by atoms with Crippen molar-refractivity contribution < 1.29 is 16.8 Å². The number of nitrogens with one attached hydrogen (secondary N) is 2. The Hall–Kier alpha value is 0.170. The topological polar surface area (TPSA) is 92.3 Å². The summed E-state index contributed by atoms with van der Waals surface area (Å²) in [7, 11) is -6.99. The minimum absolute atomic E-state index is 0.500. The van der Waals surface area contributed by atoms with Gasteiger partial charge in [0.1, 0.15) is 0 Å². The molecule has 2 atom stereocenters. The third kappa shape index (κ3) is 6.94. The Balaban J connectivity index is 4.37. The van der Waals surface area contributed by atoms with E-state index in [0.717, 1.165) is 12.8 Å². The molecule has 0 aromatic heterocycles. The zero-order valence-electron chi connectivity index (χ0n) is 11.8. The second-order valence-corrected chi connectivity index (χ2v) is 9.88. The molecule has 6 nitrogen and oxygen atoms in total. The van der Waals surface area contributed by atoms with Crippen molar-refractivity contribution in [2.75, 3.05) is 0 Å². The van der Waals surface area contributed by atoms with Crippen molar-refractivity contribution in [1.29, 1.82) is 0 Å². The number of hydrogen-bond acceptors (Lipinski definition) is 5. The van der Waals surface area contributed by atoms with Crippen LogP contribution in [-0.2, 0) is 20.0 Å². The van der Waals surface area contributed by atoms with Gasteiger partial charge in [-0.05, 0) is 26.7 Å². The molecule has 0 aromatic carbocycles. The molecule has 9 heteroatoms. The van der Waals surface area contributed by atoms with E-state index < -0.39 is 30.5 Å². The fourth-order valence-corrected chi connectivity index (χ4v) is 5.20. The van der Waals surface area contributed by atoms with Crippen LogP contribution < -0.4 is 8.25 Å². The molecule has 0 bridgehead atoms. The summed E-state index contributed by atoms with van der Waals surface area (Å²) in [5, 5.41) is -1.08. The monoisotopic (exact) mass is 332 g/mol. The van der Waals surface area contributed by atoms with E-state index >= 15 is 0 Å². The van der Waals surface area contributed by atoms with Crippen LogP contribution in [0.25, 0.3) is 0 Å². The quantitative estimate of drug-likeness (QED) is 0.595. The molecule has 0 aliphatic rings. The SMILES string of the molecule is CCCC(C)S(=O)(=O)NSNS(=O)(=O)C(C)CCC. The molecule has 0 aliphatic heterocycles. The maximum Gasteiger partial charge on any atom is 0.224 e. The Morgan fingerprint density at radius 2 is 1.16 bits per heavy atom. The van der Waals surface area contributed by atoms with E-state index in [-0.39, 0.29) is 0 Å². The highest BCUT2D eigenvalue weighted by Gasteiger charge is 2.23. The second kappa shape index (κ2) is 8.46. The fourth-order valence-electron chi connectivity index (χ4n) is 1.42. The van der Waals surface area contributed by atoms with Crippen LogP contribution in [0.3, 0.4) is 0 Å². The molecular weight excluding hydrogens is 308 g/mol. The van der Waals surface area contributed by atoms with Crippen molar-refractivity contribution in [3.05, 3.63) is 0 Å². The van der Waals surface area contributed by atoms with Crippen LogP contribution >= 0.6 is 12.1 Å². The van der Waals surface area contributed by atoms with Crippen molar-refractivity contribution in [3.63, 3.8) is 0 Å². The van der Waals surface area contributed by atoms with Gasteiger partial charge in [0.25, 0.3) is 0 Å². The standard InChI is InChI=1S/C10H24N2O4S3/c1-5-7-9(3)18(13,14)11-17-12-19(15,16)10(4)8-6-2/h9-12H,5-8H2,1-4H3. The third-order valence-corrected chi connectivity index (χ3v) is 7.88. The minimum atomic E-state index is -3.50. The minimum Gasteiger partial charge on any atom is -0.211 e. The molecule has 0 spiro atoms. The molecule has 0 radical (unpaired) electrons. The highest BCUT2D eigenvalue weighted by molar-refractivity contribution is 8.14. The van der Waals surface area contributed by atoms with E-state index in [1.165, 1.54) is 0 Å². The maximum atomic E-state index is 11.7. The average Bonchev–Trinajstić information content (AvgIpc) is 2.29. The summed E-state index contributed by atoms with van der Waals surface area (Å²) in [4.78, 5) is 0. The van der Waals surface area contributed by atoms with E-state index in [4.69, 9.17) is 0 Å². The van der Waals surface area contributed by atoms with E-state index in [9.17, 15) is 16.8 Å². The molecule has 2 N–H and O–H groups in total. The van der Waals surface area contributed by atoms with Crippen molar-refractivity contribution in [1.82, 2.24) is 8.25 Å². The van der Waals surface area contributed by atoms with Crippen molar-refractivity contribution in [2.24, 2.45) is 0 Å². The largest absolute Gasteiger partial charge is 0.224 e. The van der Waals surface area contributed by atoms with E-state index in [1.54, 1.807) is 13.8 Å². The Kier molecular flexibility index (Phi) is 8.53. The maximum absolute atomic E-state index is 11.7. The molecule has 0 heterocycles. The number of sulfonamides is 2. The van der Waals surface area contributed by atoms with Gasteiger partial charge in [-0.3, -0.25) is 0 Å². The second-order valence-electron chi connectivity index (χ2n) is 4.56. The predicted octanol–water partition coefficient (Wildman–Crippen LogP) is 1.77. The summed E-state index contributed by atoms with van der Waals surface area (Å²) in [6.07, 6.45) is 2.59. The molecule has 2 unspecified atom stereocenters. The molecular formula is C10H24N2O4S3. The number of hydrogen-bond donors (Lipinski definition) is 2. The Labute approximate surface area is 121 Å². The van der Waals surface area contributed by atoms with Gasteiger partial charge in [-0.2, -0.15) is 0 Å². The average molecular weight is 333 g/mol. The summed E-state index contributed by atoms with van der Waals surface area (Å²) in [5.74, 6) is 0. The summed E-state index contributed by atoms with van der Waals surface area (Å²) < 4.78 is 51.3. The van der Waals surface area contributed by atoms with E-state index in [1.807, 2.05) is 13.8 Å². The molecule has 116 valence electrons. The molecule has 0 rings (SSSR count). The lowest BCUT2D eigenvalue weighted by Gasteiger charge is -2.15. The first-order valence-corrected chi connectivity index (χ1v) is 10.2. The first-order valence-electron chi connectivity index (χ1n) is 6.34. The predicted molar refractivity (Wildman–Crippen MR) is 80.4 cm³/mol. The van der Waals surface area contributed by atoms with Crippen molar-refractivity contribution in [3.8, 4) is 0 Å². The lowest BCUT2D eigenvalue weighted by Crippen LogP contribution is -2.34. The number of rotatable bonds is 10. The van der Waals surface area contributed by atoms with E-state index in [0.29, 0.717) is 25.0 Å². The van der Waals surface area contributed by atoms with Gasteiger partial charge in [0.15, 0.2) is 0 Å². The van der Waals surface area contributed by atoms with Crippen LogP contribution in [0.5, 0.6) is 0 Å². The molecule has 0 aromatic rings. The summed E-state index contributed by atoms with van der Waals surface area (Å²) >= 11 is 0.500. The summed E-state index contributed by atoms with van der Waals surface area (Å²) in [5.41, 5.74) is 0. The third-order valence-electron chi connectivity index (χ3n) is 2.77. The Morgan fingerprint density at radius 1 is 0.842 bits per heavy atom. The van der Waals surface area contributed by atoms with Crippen molar-refractivity contribution >= 4 is 32.2 Å². The molecule has 0 saturated carbocycles. The smallest absolute Gasteiger partial charge is 0.211 e. The summed E-state index contributed by atoms with van der Waals surface area (Å²) in [6, 6.07) is 0. The van der Waals surface area contributed by atoms with Gasteiger partial charge in [0, 0.05) is 12.1 Å². The molecule has 0 amide bonds. The van der Waals surface area contributed by atoms with E-state index in [2.05, 4.69) is 8.25 Å². The van der Waals surface area contributed by atoms with Crippen LogP contribution in [-0.4, -0.2) is 27.3 Å². The van der Waals surface area contributed by atoms with Gasteiger partial charge in [-0.15, -0.1) is 8.25 Å². The van der Waals surface area contributed by atoms with Gasteiger partial charge < -0.3 is 0 Å². The highest BCUT2D eigenvalue weighted by atomic mass is 32.3. The molecule has 19 heavy (non-hydrogen) atoms. The van der Waals surface area contributed by atoms with Crippen LogP contribution in [0.2, 0.25) is 0 Å². The van der Waals surface area contributed by atoms with Gasteiger partial charge in [0.2, 0.25) is 20.0 Å². The van der Waals surface area contributed by atoms with Gasteiger partial charge in [0.05, 0.1) is 10.5 Å². The lowest BCUT2D eigenvalue weighted by atomic mass is 10.3. The van der Waals surface area contributed by atoms with Crippen LogP contribution in [0.1, 0.15) is 53.4 Å². The zero-order chi connectivity index (χ0) is 15.1. The van der Waals surface area contributed by atoms with Crippen LogP contribution in [0.4, 0.5) is 0 Å². The first-order chi connectivity index (χ1) is 8.67. The summed E-state index contributed by atoms with van der Waals surface area (Å²) in [6.45, 7) is 6.99. The highest BCUT2D eigenvalue weighted by Crippen LogP contribution is 2.11.